The highest BCUT2D eigenvalue weighted by atomic mass is 35.5. The maximum absolute atomic E-state index is 12.5. The minimum atomic E-state index is -0.493. The third-order valence-electron chi connectivity index (χ3n) is 6.12. The molecule has 0 saturated heterocycles. The van der Waals surface area contributed by atoms with Gasteiger partial charge in [0.1, 0.15) is 0 Å². The largest absolute Gasteiger partial charge is 0.390 e. The number of halogens is 1. The van der Waals surface area contributed by atoms with Crippen LogP contribution in [0.2, 0.25) is 5.02 Å². The van der Waals surface area contributed by atoms with Gasteiger partial charge >= 0.3 is 0 Å². The number of hydrogen-bond acceptors (Lipinski definition) is 2. The van der Waals surface area contributed by atoms with Crippen LogP contribution >= 0.6 is 11.6 Å². The number of benzene rings is 1. The van der Waals surface area contributed by atoms with E-state index in [1.165, 1.54) is 6.42 Å². The summed E-state index contributed by atoms with van der Waals surface area (Å²) in [7, 11) is 0. The first-order chi connectivity index (χ1) is 11.0. The van der Waals surface area contributed by atoms with Crippen LogP contribution in [0.5, 0.6) is 0 Å². The van der Waals surface area contributed by atoms with Gasteiger partial charge in [-0.15, -0.1) is 0 Å². The summed E-state index contributed by atoms with van der Waals surface area (Å²) in [6, 6.07) is 7.61. The first-order valence-electron chi connectivity index (χ1n) is 8.68. The van der Waals surface area contributed by atoms with Gasteiger partial charge in [-0.2, -0.15) is 0 Å². The van der Waals surface area contributed by atoms with Crippen molar-refractivity contribution in [2.24, 2.45) is 17.3 Å². The summed E-state index contributed by atoms with van der Waals surface area (Å²) in [5.74, 6) is 1.34. The van der Waals surface area contributed by atoms with Gasteiger partial charge in [-0.1, -0.05) is 29.8 Å². The van der Waals surface area contributed by atoms with Crippen LogP contribution in [0.1, 0.15) is 50.5 Å². The lowest BCUT2D eigenvalue weighted by molar-refractivity contribution is -0.169. The van der Waals surface area contributed by atoms with Gasteiger partial charge in [-0.05, 0) is 67.4 Å². The molecule has 1 amide bonds. The monoisotopic (exact) mass is 333 g/mol. The molecule has 1 aromatic rings. The molecule has 0 spiro atoms. The summed E-state index contributed by atoms with van der Waals surface area (Å²) >= 11 is 6.14. The summed E-state index contributed by atoms with van der Waals surface area (Å²) in [5, 5.41) is 14.5. The topological polar surface area (TPSA) is 49.3 Å². The summed E-state index contributed by atoms with van der Waals surface area (Å²) in [6.45, 7) is 0.478. The Labute approximate surface area is 142 Å². The zero-order valence-corrected chi connectivity index (χ0v) is 14.1. The Morgan fingerprint density at radius 1 is 1.22 bits per heavy atom. The molecule has 4 heteroatoms. The summed E-state index contributed by atoms with van der Waals surface area (Å²) < 4.78 is 0. The summed E-state index contributed by atoms with van der Waals surface area (Å²) in [5.41, 5.74) is 0.489. The van der Waals surface area contributed by atoms with Gasteiger partial charge in [0.25, 0.3) is 0 Å². The molecule has 4 bridgehead atoms. The lowest BCUT2D eigenvalue weighted by Gasteiger charge is -2.60. The summed E-state index contributed by atoms with van der Waals surface area (Å²) in [6.07, 6.45) is 6.75. The first kappa shape index (κ1) is 15.5. The highest BCUT2D eigenvalue weighted by molar-refractivity contribution is 6.31. The van der Waals surface area contributed by atoms with E-state index in [1.807, 2.05) is 24.3 Å². The molecule has 4 atom stereocenters. The minimum Gasteiger partial charge on any atom is -0.390 e. The van der Waals surface area contributed by atoms with E-state index in [0.29, 0.717) is 29.8 Å². The van der Waals surface area contributed by atoms with E-state index in [9.17, 15) is 9.90 Å². The molecule has 0 aliphatic heterocycles. The quantitative estimate of drug-likeness (QED) is 0.883. The zero-order valence-electron chi connectivity index (χ0n) is 13.4. The van der Waals surface area contributed by atoms with Gasteiger partial charge in [0.2, 0.25) is 5.91 Å². The number of hydrogen-bond donors (Lipinski definition) is 2. The Morgan fingerprint density at radius 2 is 1.91 bits per heavy atom. The molecule has 4 fully saturated rings. The van der Waals surface area contributed by atoms with E-state index < -0.39 is 5.60 Å². The van der Waals surface area contributed by atoms with Gasteiger partial charge in [-0.25, -0.2) is 0 Å². The lowest BCUT2D eigenvalue weighted by Crippen LogP contribution is -2.56. The van der Waals surface area contributed by atoms with E-state index in [4.69, 9.17) is 11.6 Å². The molecule has 0 heterocycles. The Bertz CT molecular complexity index is 616. The molecule has 23 heavy (non-hydrogen) atoms. The van der Waals surface area contributed by atoms with Crippen molar-refractivity contribution < 1.29 is 9.90 Å². The Hall–Kier alpha value is -1.06. The molecule has 5 rings (SSSR count). The smallest absolute Gasteiger partial charge is 0.220 e. The second kappa shape index (κ2) is 5.49. The second-order valence-corrected chi connectivity index (χ2v) is 8.64. The van der Waals surface area contributed by atoms with E-state index in [0.717, 1.165) is 37.7 Å². The van der Waals surface area contributed by atoms with E-state index in [1.54, 1.807) is 0 Å². The zero-order chi connectivity index (χ0) is 16.1. The Balaban J connectivity index is 1.40. The molecule has 2 unspecified atom stereocenters. The number of carbonyl (C=O) groups is 1. The van der Waals surface area contributed by atoms with Crippen LogP contribution < -0.4 is 5.32 Å². The standard InChI is InChI=1S/C19H24ClNO2/c20-16-4-2-1-3-15(16)11-21-17(22)10-18-6-13-5-14(7-18)9-19(23,8-13)12-18/h1-4,13-14,23H,5-12H2,(H,21,22)/t13-,14+,18?,19?. The van der Waals surface area contributed by atoms with Gasteiger partial charge < -0.3 is 10.4 Å². The average molecular weight is 334 g/mol. The molecule has 4 saturated carbocycles. The maximum Gasteiger partial charge on any atom is 0.220 e. The van der Waals surface area contributed by atoms with Crippen LogP contribution in [0.3, 0.4) is 0 Å². The third-order valence-corrected chi connectivity index (χ3v) is 6.49. The number of aliphatic hydroxyl groups is 1. The molecule has 4 aliphatic carbocycles. The molecule has 0 aromatic heterocycles. The normalized spacial score (nSPS) is 37.8. The molecule has 2 N–H and O–H groups in total. The van der Waals surface area contributed by atoms with Crippen molar-refractivity contribution in [3.8, 4) is 0 Å². The van der Waals surface area contributed by atoms with Crippen LogP contribution in [-0.4, -0.2) is 16.6 Å². The fourth-order valence-electron chi connectivity index (χ4n) is 5.85. The van der Waals surface area contributed by atoms with Gasteiger partial charge in [0.05, 0.1) is 5.60 Å². The van der Waals surface area contributed by atoms with Gasteiger partial charge in [0.15, 0.2) is 0 Å². The van der Waals surface area contributed by atoms with Crippen molar-refractivity contribution in [1.29, 1.82) is 0 Å². The highest BCUT2D eigenvalue weighted by Gasteiger charge is 2.57. The molecule has 124 valence electrons. The first-order valence-corrected chi connectivity index (χ1v) is 9.06. The van der Waals surface area contributed by atoms with Gasteiger partial charge in [0, 0.05) is 18.0 Å². The van der Waals surface area contributed by atoms with Crippen LogP contribution in [0.25, 0.3) is 0 Å². The van der Waals surface area contributed by atoms with Crippen molar-refractivity contribution in [3.05, 3.63) is 34.9 Å². The second-order valence-electron chi connectivity index (χ2n) is 8.23. The van der Waals surface area contributed by atoms with Crippen molar-refractivity contribution in [2.45, 2.75) is 57.1 Å². The molecule has 4 aliphatic rings. The summed E-state index contributed by atoms with van der Waals surface area (Å²) in [4.78, 5) is 12.5. The molecule has 0 radical (unpaired) electrons. The number of nitrogens with one attached hydrogen (secondary N) is 1. The lowest BCUT2D eigenvalue weighted by atomic mass is 9.47. The van der Waals surface area contributed by atoms with E-state index in [2.05, 4.69) is 5.32 Å². The minimum absolute atomic E-state index is 0.0311. The predicted octanol–water partition coefficient (Wildman–Crippen LogP) is 3.68. The fraction of sp³-hybridized carbons (Fsp3) is 0.632. The predicted molar refractivity (Wildman–Crippen MR) is 90.0 cm³/mol. The van der Waals surface area contributed by atoms with Crippen molar-refractivity contribution in [3.63, 3.8) is 0 Å². The van der Waals surface area contributed by atoms with Crippen LogP contribution in [0, 0.1) is 17.3 Å². The molecule has 1 aromatic carbocycles. The number of amides is 1. The van der Waals surface area contributed by atoms with E-state index >= 15 is 0 Å². The maximum atomic E-state index is 12.5. The Kier molecular flexibility index (Phi) is 3.69. The molecular weight excluding hydrogens is 310 g/mol. The van der Waals surface area contributed by atoms with Crippen molar-refractivity contribution in [2.75, 3.05) is 0 Å². The van der Waals surface area contributed by atoms with Gasteiger partial charge in [-0.3, -0.25) is 4.79 Å². The Morgan fingerprint density at radius 3 is 2.57 bits per heavy atom. The van der Waals surface area contributed by atoms with Crippen LogP contribution in [-0.2, 0) is 11.3 Å². The van der Waals surface area contributed by atoms with Crippen molar-refractivity contribution >= 4 is 17.5 Å². The van der Waals surface area contributed by atoms with Crippen molar-refractivity contribution in [1.82, 2.24) is 5.32 Å². The number of rotatable bonds is 4. The fourth-order valence-corrected chi connectivity index (χ4v) is 6.05. The molecular formula is C19H24ClNO2. The average Bonchev–Trinajstić information content (AvgIpc) is 2.43. The highest BCUT2D eigenvalue weighted by Crippen LogP contribution is 2.62. The van der Waals surface area contributed by atoms with Crippen LogP contribution in [0.15, 0.2) is 24.3 Å². The number of carbonyl (C=O) groups excluding carboxylic acids is 1. The van der Waals surface area contributed by atoms with Crippen LogP contribution in [0.4, 0.5) is 0 Å². The molecule has 3 nitrogen and oxygen atoms in total. The van der Waals surface area contributed by atoms with E-state index in [-0.39, 0.29) is 11.3 Å². The SMILES string of the molecule is O=C(CC12C[C@@H]3C[C@@H](CC(O)(C3)C1)C2)NCc1ccccc1Cl. The third kappa shape index (κ3) is 3.01.